The Balaban J connectivity index is 2.05. The molecule has 1 atom stereocenters. The van der Waals surface area contributed by atoms with E-state index < -0.39 is 18.5 Å². The van der Waals surface area contributed by atoms with E-state index in [1.807, 2.05) is 0 Å². The van der Waals surface area contributed by atoms with Crippen LogP contribution >= 0.6 is 34.8 Å². The molecule has 0 bridgehead atoms. The maximum Gasteiger partial charge on any atom is 0.306 e. The summed E-state index contributed by atoms with van der Waals surface area (Å²) in [5.41, 5.74) is 1.18. The minimum Gasteiger partial charge on any atom is -0.489 e. The van der Waals surface area contributed by atoms with Gasteiger partial charge in [-0.15, -0.1) is 0 Å². The van der Waals surface area contributed by atoms with Gasteiger partial charge in [-0.1, -0.05) is 46.9 Å². The minimum absolute atomic E-state index is 0.241. The van der Waals surface area contributed by atoms with Crippen LogP contribution in [-0.4, -0.2) is 16.2 Å². The number of hydrogen-bond donors (Lipinski definition) is 2. The predicted molar refractivity (Wildman–Crippen MR) is 89.5 cm³/mol. The Kier molecular flexibility index (Phi) is 6.13. The molecular formula is C16H13Cl3O4. The molecule has 0 radical (unpaired) electrons. The van der Waals surface area contributed by atoms with E-state index in [0.29, 0.717) is 21.4 Å². The molecule has 0 spiro atoms. The van der Waals surface area contributed by atoms with Gasteiger partial charge < -0.3 is 14.9 Å². The molecule has 1 unspecified atom stereocenters. The number of benzene rings is 2. The highest BCUT2D eigenvalue weighted by Crippen LogP contribution is 2.30. The van der Waals surface area contributed by atoms with Crippen molar-refractivity contribution >= 4 is 40.8 Å². The molecule has 0 fully saturated rings. The maximum absolute atomic E-state index is 10.6. The quantitative estimate of drug-likeness (QED) is 0.765. The van der Waals surface area contributed by atoms with Gasteiger partial charge in [0.2, 0.25) is 0 Å². The van der Waals surface area contributed by atoms with Crippen molar-refractivity contribution in [3.8, 4) is 5.75 Å². The van der Waals surface area contributed by atoms with Crippen molar-refractivity contribution in [1.82, 2.24) is 0 Å². The first-order chi connectivity index (χ1) is 10.9. The Morgan fingerprint density at radius 1 is 1.04 bits per heavy atom. The summed E-state index contributed by atoms with van der Waals surface area (Å²) in [5, 5.41) is 19.6. The lowest BCUT2D eigenvalue weighted by atomic mass is 10.1. The van der Waals surface area contributed by atoms with Crippen LogP contribution in [0.15, 0.2) is 36.4 Å². The van der Waals surface area contributed by atoms with Crippen LogP contribution in [0.4, 0.5) is 0 Å². The fourth-order valence-corrected chi connectivity index (χ4v) is 2.56. The van der Waals surface area contributed by atoms with Crippen molar-refractivity contribution in [1.29, 1.82) is 0 Å². The highest BCUT2D eigenvalue weighted by atomic mass is 35.5. The van der Waals surface area contributed by atoms with E-state index >= 15 is 0 Å². The lowest BCUT2D eigenvalue weighted by Gasteiger charge is -2.13. The van der Waals surface area contributed by atoms with E-state index in [1.54, 1.807) is 30.3 Å². The van der Waals surface area contributed by atoms with Gasteiger partial charge in [-0.25, -0.2) is 0 Å². The van der Waals surface area contributed by atoms with Gasteiger partial charge in [0.15, 0.2) is 0 Å². The third kappa shape index (κ3) is 5.01. The average molecular weight is 376 g/mol. The molecule has 0 aromatic heterocycles. The molecule has 0 aliphatic carbocycles. The zero-order valence-corrected chi connectivity index (χ0v) is 14.1. The van der Waals surface area contributed by atoms with E-state index in [2.05, 4.69) is 0 Å². The lowest BCUT2D eigenvalue weighted by molar-refractivity contribution is -0.139. The zero-order chi connectivity index (χ0) is 17.0. The summed E-state index contributed by atoms with van der Waals surface area (Å²) in [7, 11) is 0. The molecule has 2 N–H and O–H groups in total. The van der Waals surface area contributed by atoms with Crippen LogP contribution in [-0.2, 0) is 11.4 Å². The molecule has 4 nitrogen and oxygen atoms in total. The van der Waals surface area contributed by atoms with Crippen molar-refractivity contribution in [2.75, 3.05) is 0 Å². The Labute approximate surface area is 148 Å². The summed E-state index contributed by atoms with van der Waals surface area (Å²) < 4.78 is 5.60. The Morgan fingerprint density at radius 3 is 2.39 bits per heavy atom. The van der Waals surface area contributed by atoms with E-state index in [0.717, 1.165) is 5.56 Å². The standard InChI is InChI=1S/C16H13Cl3O4/c17-12-4-1-9(5-14(12)19)8-23-10-2-3-11(13(18)6-10)15(20)7-16(21)22/h1-6,15,20H,7-8H2,(H,21,22). The van der Waals surface area contributed by atoms with Gasteiger partial charge in [0.25, 0.3) is 0 Å². The van der Waals surface area contributed by atoms with E-state index in [1.165, 1.54) is 6.07 Å². The van der Waals surface area contributed by atoms with Gasteiger partial charge in [-0.2, -0.15) is 0 Å². The molecule has 0 heterocycles. The van der Waals surface area contributed by atoms with Crippen molar-refractivity contribution < 1.29 is 19.7 Å². The molecule has 23 heavy (non-hydrogen) atoms. The third-order valence-electron chi connectivity index (χ3n) is 3.09. The molecule has 0 saturated heterocycles. The maximum atomic E-state index is 10.6. The van der Waals surface area contributed by atoms with Crippen LogP contribution in [0.2, 0.25) is 15.1 Å². The molecule has 122 valence electrons. The number of carbonyl (C=O) groups is 1. The number of hydrogen-bond acceptors (Lipinski definition) is 3. The summed E-state index contributed by atoms with van der Waals surface area (Å²) in [6.45, 7) is 0.268. The van der Waals surface area contributed by atoms with Gasteiger partial charge in [0, 0.05) is 0 Å². The van der Waals surface area contributed by atoms with Crippen molar-refractivity contribution in [2.24, 2.45) is 0 Å². The summed E-state index contributed by atoms with van der Waals surface area (Å²) >= 11 is 17.8. The fourth-order valence-electron chi connectivity index (χ4n) is 1.94. The topological polar surface area (TPSA) is 66.8 Å². The Bertz CT molecular complexity index is 718. The molecule has 0 aliphatic rings. The van der Waals surface area contributed by atoms with Crippen LogP contribution in [0.1, 0.15) is 23.7 Å². The fraction of sp³-hybridized carbons (Fsp3) is 0.188. The average Bonchev–Trinajstić information content (AvgIpc) is 2.47. The highest BCUT2D eigenvalue weighted by molar-refractivity contribution is 6.42. The molecule has 0 saturated carbocycles. The number of aliphatic hydroxyl groups excluding tert-OH is 1. The number of aliphatic hydroxyl groups is 1. The van der Waals surface area contributed by atoms with Crippen LogP contribution in [0, 0.1) is 0 Å². The molecule has 2 aromatic carbocycles. The SMILES string of the molecule is O=C(O)CC(O)c1ccc(OCc2ccc(Cl)c(Cl)c2)cc1Cl. The van der Waals surface area contributed by atoms with Crippen molar-refractivity contribution in [2.45, 2.75) is 19.1 Å². The largest absolute Gasteiger partial charge is 0.489 e. The number of aliphatic carboxylic acids is 1. The molecule has 2 rings (SSSR count). The van der Waals surface area contributed by atoms with Crippen molar-refractivity contribution in [3.63, 3.8) is 0 Å². The lowest BCUT2D eigenvalue weighted by Crippen LogP contribution is -2.06. The first-order valence-corrected chi connectivity index (χ1v) is 7.76. The zero-order valence-electron chi connectivity index (χ0n) is 11.8. The number of carboxylic acids is 1. The number of halogens is 3. The third-order valence-corrected chi connectivity index (χ3v) is 4.15. The highest BCUT2D eigenvalue weighted by Gasteiger charge is 2.15. The molecule has 7 heteroatoms. The second-order valence-electron chi connectivity index (χ2n) is 4.83. The summed E-state index contributed by atoms with van der Waals surface area (Å²) in [6.07, 6.45) is -1.58. The van der Waals surface area contributed by atoms with Crippen LogP contribution in [0.5, 0.6) is 5.75 Å². The second-order valence-corrected chi connectivity index (χ2v) is 6.06. The van der Waals surface area contributed by atoms with E-state index in [9.17, 15) is 9.90 Å². The first kappa shape index (κ1) is 17.9. The molecule has 2 aromatic rings. The van der Waals surface area contributed by atoms with Gasteiger partial charge in [0.05, 0.1) is 27.6 Å². The molecule has 0 amide bonds. The summed E-state index contributed by atoms with van der Waals surface area (Å²) in [5.74, 6) is -0.610. The van der Waals surface area contributed by atoms with Gasteiger partial charge in [0.1, 0.15) is 12.4 Å². The van der Waals surface area contributed by atoms with Crippen LogP contribution in [0.3, 0.4) is 0 Å². The van der Waals surface area contributed by atoms with Crippen LogP contribution < -0.4 is 4.74 Å². The second kappa shape index (κ2) is 7.88. The molecule has 0 aliphatic heterocycles. The van der Waals surface area contributed by atoms with Gasteiger partial charge in [-0.3, -0.25) is 4.79 Å². The van der Waals surface area contributed by atoms with Crippen molar-refractivity contribution in [3.05, 3.63) is 62.6 Å². The Morgan fingerprint density at radius 2 is 1.78 bits per heavy atom. The normalized spacial score (nSPS) is 12.0. The smallest absolute Gasteiger partial charge is 0.306 e. The van der Waals surface area contributed by atoms with Gasteiger partial charge >= 0.3 is 5.97 Å². The van der Waals surface area contributed by atoms with E-state index in [-0.39, 0.29) is 11.6 Å². The molecular weight excluding hydrogens is 363 g/mol. The summed E-state index contributed by atoms with van der Waals surface area (Å²) in [6, 6.07) is 9.86. The summed E-state index contributed by atoms with van der Waals surface area (Å²) in [4.78, 5) is 10.6. The van der Waals surface area contributed by atoms with Crippen LogP contribution in [0.25, 0.3) is 0 Å². The predicted octanol–water partition coefficient (Wildman–Crippen LogP) is 4.73. The van der Waals surface area contributed by atoms with Gasteiger partial charge in [-0.05, 0) is 35.4 Å². The number of rotatable bonds is 6. The Hall–Kier alpha value is -1.46. The van der Waals surface area contributed by atoms with E-state index in [4.69, 9.17) is 44.6 Å². The first-order valence-electron chi connectivity index (χ1n) is 6.63. The number of ether oxygens (including phenoxy) is 1. The monoisotopic (exact) mass is 374 g/mol. The number of carboxylic acid groups (broad SMARTS) is 1. The minimum atomic E-state index is -1.16.